The summed E-state index contributed by atoms with van der Waals surface area (Å²) in [5.74, 6) is 1.43. The SMILES string of the molecule is O=C(COc1ccccc1)NCC1COCc2nc3ccccc3n21. The molecule has 0 saturated carbocycles. The fourth-order valence-electron chi connectivity index (χ4n) is 3.06. The molecular weight excluding hydrogens is 318 g/mol. The minimum absolute atomic E-state index is 0.00484. The molecule has 1 aromatic heterocycles. The van der Waals surface area contributed by atoms with Gasteiger partial charge >= 0.3 is 0 Å². The van der Waals surface area contributed by atoms with Gasteiger partial charge in [-0.1, -0.05) is 30.3 Å². The lowest BCUT2D eigenvalue weighted by molar-refractivity contribution is -0.123. The molecule has 4 rings (SSSR count). The Kier molecular flexibility index (Phi) is 4.35. The molecule has 1 unspecified atom stereocenters. The number of hydrogen-bond donors (Lipinski definition) is 1. The lowest BCUT2D eigenvalue weighted by Crippen LogP contribution is -2.37. The van der Waals surface area contributed by atoms with Crippen LogP contribution in [0.1, 0.15) is 11.9 Å². The summed E-state index contributed by atoms with van der Waals surface area (Å²) < 4.78 is 13.3. The Balaban J connectivity index is 1.40. The zero-order valence-electron chi connectivity index (χ0n) is 13.7. The number of carbonyl (C=O) groups excluding carboxylic acids is 1. The first-order chi connectivity index (χ1) is 12.3. The predicted molar refractivity (Wildman–Crippen MR) is 93.4 cm³/mol. The van der Waals surface area contributed by atoms with Gasteiger partial charge in [0.25, 0.3) is 5.91 Å². The summed E-state index contributed by atoms with van der Waals surface area (Å²) in [5.41, 5.74) is 2.02. The summed E-state index contributed by atoms with van der Waals surface area (Å²) in [6.07, 6.45) is 0. The minimum Gasteiger partial charge on any atom is -0.484 e. The van der Waals surface area contributed by atoms with E-state index < -0.39 is 0 Å². The molecule has 2 aromatic carbocycles. The van der Waals surface area contributed by atoms with Gasteiger partial charge in [0.05, 0.1) is 23.7 Å². The Bertz CT molecular complexity index is 876. The molecule has 1 N–H and O–H groups in total. The van der Waals surface area contributed by atoms with Crippen LogP contribution < -0.4 is 10.1 Å². The molecule has 6 heteroatoms. The zero-order chi connectivity index (χ0) is 17.1. The van der Waals surface area contributed by atoms with Crippen molar-refractivity contribution < 1.29 is 14.3 Å². The van der Waals surface area contributed by atoms with E-state index in [0.717, 1.165) is 16.9 Å². The molecule has 2 heterocycles. The number of hydrogen-bond acceptors (Lipinski definition) is 4. The predicted octanol–water partition coefficient (Wildman–Crippen LogP) is 2.30. The first-order valence-corrected chi connectivity index (χ1v) is 8.29. The number of rotatable bonds is 5. The number of amides is 1. The highest BCUT2D eigenvalue weighted by molar-refractivity contribution is 5.78. The van der Waals surface area contributed by atoms with Gasteiger partial charge < -0.3 is 19.4 Å². The highest BCUT2D eigenvalue weighted by Gasteiger charge is 2.24. The molecule has 0 radical (unpaired) electrons. The number of ether oxygens (including phenoxy) is 2. The standard InChI is InChI=1S/C19H19N3O3/c23-19(13-25-15-6-2-1-3-7-15)20-10-14-11-24-12-18-21-16-8-4-5-9-17(16)22(14)18/h1-9,14H,10-13H2,(H,20,23). The zero-order valence-corrected chi connectivity index (χ0v) is 13.7. The molecule has 6 nitrogen and oxygen atoms in total. The van der Waals surface area contributed by atoms with E-state index in [9.17, 15) is 4.79 Å². The molecule has 1 amide bonds. The third-order valence-electron chi connectivity index (χ3n) is 4.22. The Labute approximate surface area is 145 Å². The third-order valence-corrected chi connectivity index (χ3v) is 4.22. The highest BCUT2D eigenvalue weighted by atomic mass is 16.5. The van der Waals surface area contributed by atoms with Crippen molar-refractivity contribution in [1.82, 2.24) is 14.9 Å². The molecule has 0 aliphatic carbocycles. The lowest BCUT2D eigenvalue weighted by Gasteiger charge is -2.26. The molecule has 3 aromatic rings. The van der Waals surface area contributed by atoms with Crippen LogP contribution in [-0.2, 0) is 16.1 Å². The van der Waals surface area contributed by atoms with Crippen LogP contribution >= 0.6 is 0 Å². The number of benzene rings is 2. The van der Waals surface area contributed by atoms with Gasteiger partial charge in [0.1, 0.15) is 18.2 Å². The molecule has 0 fully saturated rings. The van der Waals surface area contributed by atoms with Crippen LogP contribution in [0.2, 0.25) is 0 Å². The number of nitrogens with zero attached hydrogens (tertiary/aromatic N) is 2. The third kappa shape index (κ3) is 3.34. The Morgan fingerprint density at radius 3 is 2.88 bits per heavy atom. The summed E-state index contributed by atoms with van der Waals surface area (Å²) in [5, 5.41) is 2.93. The molecule has 0 saturated heterocycles. The Morgan fingerprint density at radius 1 is 1.20 bits per heavy atom. The van der Waals surface area contributed by atoms with Crippen LogP contribution in [0.5, 0.6) is 5.75 Å². The smallest absolute Gasteiger partial charge is 0.258 e. The van der Waals surface area contributed by atoms with Crippen LogP contribution in [0.4, 0.5) is 0 Å². The second kappa shape index (κ2) is 6.94. The average Bonchev–Trinajstić information content (AvgIpc) is 3.04. The topological polar surface area (TPSA) is 65.4 Å². The van der Waals surface area contributed by atoms with E-state index in [1.807, 2.05) is 54.6 Å². The molecule has 25 heavy (non-hydrogen) atoms. The van der Waals surface area contributed by atoms with Gasteiger partial charge in [0, 0.05) is 6.54 Å². The molecular formula is C19H19N3O3. The van der Waals surface area contributed by atoms with E-state index in [1.165, 1.54) is 0 Å². The van der Waals surface area contributed by atoms with Crippen molar-refractivity contribution in [2.24, 2.45) is 0 Å². The number of aromatic nitrogens is 2. The van der Waals surface area contributed by atoms with E-state index in [0.29, 0.717) is 25.5 Å². The number of nitrogens with one attached hydrogen (secondary N) is 1. The van der Waals surface area contributed by atoms with Crippen molar-refractivity contribution in [3.05, 3.63) is 60.4 Å². The van der Waals surface area contributed by atoms with Crippen molar-refractivity contribution in [2.75, 3.05) is 19.8 Å². The summed E-state index contributed by atoms with van der Waals surface area (Å²) in [4.78, 5) is 16.7. The molecule has 1 aliphatic heterocycles. The second-order valence-electron chi connectivity index (χ2n) is 5.96. The van der Waals surface area contributed by atoms with E-state index >= 15 is 0 Å². The van der Waals surface area contributed by atoms with Crippen LogP contribution in [-0.4, -0.2) is 35.2 Å². The van der Waals surface area contributed by atoms with Crippen LogP contribution in [0.25, 0.3) is 11.0 Å². The fourth-order valence-corrected chi connectivity index (χ4v) is 3.06. The van der Waals surface area contributed by atoms with E-state index in [2.05, 4.69) is 14.9 Å². The highest BCUT2D eigenvalue weighted by Crippen LogP contribution is 2.25. The summed E-state index contributed by atoms with van der Waals surface area (Å²) in [6.45, 7) is 1.52. The molecule has 0 bridgehead atoms. The van der Waals surface area contributed by atoms with Gasteiger partial charge in [-0.05, 0) is 24.3 Å². The minimum atomic E-state index is -0.152. The quantitative estimate of drug-likeness (QED) is 0.776. The molecule has 128 valence electrons. The number of fused-ring (bicyclic) bond motifs is 3. The lowest BCUT2D eigenvalue weighted by atomic mass is 10.2. The van der Waals surface area contributed by atoms with Crippen molar-refractivity contribution >= 4 is 16.9 Å². The van der Waals surface area contributed by atoms with Gasteiger partial charge in [-0.2, -0.15) is 0 Å². The van der Waals surface area contributed by atoms with Gasteiger partial charge in [-0.25, -0.2) is 4.98 Å². The van der Waals surface area contributed by atoms with Crippen molar-refractivity contribution in [2.45, 2.75) is 12.6 Å². The van der Waals surface area contributed by atoms with Gasteiger partial charge in [-0.3, -0.25) is 4.79 Å². The second-order valence-corrected chi connectivity index (χ2v) is 5.96. The first-order valence-electron chi connectivity index (χ1n) is 8.29. The normalized spacial score (nSPS) is 16.4. The molecule has 1 aliphatic rings. The molecule has 1 atom stereocenters. The van der Waals surface area contributed by atoms with Crippen molar-refractivity contribution in [3.8, 4) is 5.75 Å². The van der Waals surface area contributed by atoms with Gasteiger partial charge in [-0.15, -0.1) is 0 Å². The summed E-state index contributed by atoms with van der Waals surface area (Å²) >= 11 is 0. The number of para-hydroxylation sites is 3. The number of carbonyl (C=O) groups is 1. The van der Waals surface area contributed by atoms with Crippen LogP contribution in [0, 0.1) is 0 Å². The van der Waals surface area contributed by atoms with Gasteiger partial charge in [0.15, 0.2) is 6.61 Å². The Hall–Kier alpha value is -2.86. The average molecular weight is 337 g/mol. The van der Waals surface area contributed by atoms with E-state index in [-0.39, 0.29) is 18.6 Å². The van der Waals surface area contributed by atoms with Crippen LogP contribution in [0.15, 0.2) is 54.6 Å². The summed E-state index contributed by atoms with van der Waals surface area (Å²) in [6, 6.07) is 17.3. The van der Waals surface area contributed by atoms with Crippen molar-refractivity contribution in [3.63, 3.8) is 0 Å². The summed E-state index contributed by atoms with van der Waals surface area (Å²) in [7, 11) is 0. The maximum atomic E-state index is 12.1. The van der Waals surface area contributed by atoms with Crippen LogP contribution in [0.3, 0.4) is 0 Å². The van der Waals surface area contributed by atoms with Gasteiger partial charge in [0.2, 0.25) is 0 Å². The Morgan fingerprint density at radius 2 is 2.00 bits per heavy atom. The number of imidazole rings is 1. The molecule has 0 spiro atoms. The monoisotopic (exact) mass is 337 g/mol. The van der Waals surface area contributed by atoms with E-state index in [4.69, 9.17) is 9.47 Å². The maximum Gasteiger partial charge on any atom is 0.258 e. The fraction of sp³-hybridized carbons (Fsp3) is 0.263. The largest absolute Gasteiger partial charge is 0.484 e. The van der Waals surface area contributed by atoms with Crippen molar-refractivity contribution in [1.29, 1.82) is 0 Å². The first kappa shape index (κ1) is 15.7. The van der Waals surface area contributed by atoms with E-state index in [1.54, 1.807) is 0 Å². The maximum absolute atomic E-state index is 12.1.